The highest BCUT2D eigenvalue weighted by Crippen LogP contribution is 2.39. The Labute approximate surface area is 118 Å². The van der Waals surface area contributed by atoms with Gasteiger partial charge in [-0.1, -0.05) is 11.3 Å². The number of ether oxygens (including phenoxy) is 1. The minimum atomic E-state index is -0.298. The molecular weight excluding hydrogens is 260 g/mol. The van der Waals surface area contributed by atoms with Gasteiger partial charge in [0, 0.05) is 20.2 Å². The van der Waals surface area contributed by atoms with Crippen LogP contribution in [0.25, 0.3) is 0 Å². The van der Waals surface area contributed by atoms with Gasteiger partial charge in [0.15, 0.2) is 5.13 Å². The van der Waals surface area contributed by atoms with Crippen LogP contribution < -0.4 is 4.90 Å². The Morgan fingerprint density at radius 1 is 1.47 bits per heavy atom. The molecule has 106 valence electrons. The van der Waals surface area contributed by atoms with Crippen molar-refractivity contribution in [2.75, 3.05) is 25.1 Å². The molecule has 2 unspecified atom stereocenters. The zero-order chi connectivity index (χ0) is 13.5. The van der Waals surface area contributed by atoms with E-state index >= 15 is 0 Å². The Morgan fingerprint density at radius 3 is 3.05 bits per heavy atom. The number of thiazole rings is 1. The lowest BCUT2D eigenvalue weighted by Gasteiger charge is -2.39. The zero-order valence-corrected chi connectivity index (χ0v) is 12.5. The van der Waals surface area contributed by atoms with E-state index in [0.29, 0.717) is 0 Å². The van der Waals surface area contributed by atoms with Gasteiger partial charge in [-0.05, 0) is 39.0 Å². The molecule has 1 N–H and O–H groups in total. The van der Waals surface area contributed by atoms with Gasteiger partial charge < -0.3 is 14.7 Å². The fourth-order valence-corrected chi connectivity index (χ4v) is 4.21. The molecule has 0 radical (unpaired) electrons. The Balaban J connectivity index is 1.82. The first-order valence-corrected chi connectivity index (χ1v) is 7.91. The molecule has 4 nitrogen and oxygen atoms in total. The molecule has 1 aromatic rings. The molecule has 3 rings (SSSR count). The molecule has 19 heavy (non-hydrogen) atoms. The van der Waals surface area contributed by atoms with Gasteiger partial charge in [-0.25, -0.2) is 4.98 Å². The lowest BCUT2D eigenvalue weighted by atomic mass is 9.95. The van der Waals surface area contributed by atoms with Crippen LogP contribution in [0, 0.1) is 0 Å². The number of aliphatic hydroxyl groups excluding tert-OH is 1. The van der Waals surface area contributed by atoms with Crippen molar-refractivity contribution in [1.29, 1.82) is 0 Å². The number of aryl methyl sites for hydroxylation is 1. The lowest BCUT2D eigenvalue weighted by molar-refractivity contribution is -0.00466. The first-order valence-electron chi connectivity index (χ1n) is 7.09. The molecule has 2 heterocycles. The van der Waals surface area contributed by atoms with Crippen molar-refractivity contribution in [2.24, 2.45) is 0 Å². The lowest BCUT2D eigenvalue weighted by Crippen LogP contribution is -2.47. The number of anilines is 1. The fraction of sp³-hybridized carbons (Fsp3) is 0.786. The molecule has 5 heteroatoms. The molecule has 0 amide bonds. The molecule has 0 aromatic carbocycles. The summed E-state index contributed by atoms with van der Waals surface area (Å²) in [5, 5.41) is 11.1. The van der Waals surface area contributed by atoms with Crippen molar-refractivity contribution in [3.05, 3.63) is 10.6 Å². The van der Waals surface area contributed by atoms with Crippen LogP contribution in [0.1, 0.15) is 49.3 Å². The van der Waals surface area contributed by atoms with Crippen molar-refractivity contribution in [1.82, 2.24) is 4.98 Å². The van der Waals surface area contributed by atoms with Crippen LogP contribution in [0.3, 0.4) is 0 Å². The smallest absolute Gasteiger partial charge is 0.185 e. The predicted octanol–water partition coefficient (Wildman–Crippen LogP) is 2.52. The third-order valence-corrected chi connectivity index (χ3v) is 5.59. The summed E-state index contributed by atoms with van der Waals surface area (Å²) in [6, 6.07) is 0. The number of methoxy groups -OCH3 is 1. The van der Waals surface area contributed by atoms with Crippen molar-refractivity contribution in [2.45, 2.75) is 50.7 Å². The van der Waals surface area contributed by atoms with Gasteiger partial charge in [0.05, 0.1) is 22.3 Å². The van der Waals surface area contributed by atoms with Crippen LogP contribution in [0.4, 0.5) is 5.13 Å². The first kappa shape index (κ1) is 13.3. The quantitative estimate of drug-likeness (QED) is 0.905. The molecule has 2 aliphatic rings. The zero-order valence-electron chi connectivity index (χ0n) is 11.7. The summed E-state index contributed by atoms with van der Waals surface area (Å²) < 4.78 is 5.64. The van der Waals surface area contributed by atoms with E-state index < -0.39 is 0 Å². The molecule has 1 aliphatic carbocycles. The van der Waals surface area contributed by atoms with Crippen molar-refractivity contribution < 1.29 is 9.84 Å². The van der Waals surface area contributed by atoms with Gasteiger partial charge >= 0.3 is 0 Å². The third kappa shape index (κ3) is 2.51. The maximum atomic E-state index is 10.0. The molecule has 1 saturated heterocycles. The second-order valence-electron chi connectivity index (χ2n) is 5.89. The van der Waals surface area contributed by atoms with Crippen LogP contribution in [0.5, 0.6) is 0 Å². The van der Waals surface area contributed by atoms with Gasteiger partial charge in [-0.3, -0.25) is 0 Å². The Hall–Kier alpha value is -0.650. The summed E-state index contributed by atoms with van der Waals surface area (Å²) >= 11 is 1.67. The number of aromatic nitrogens is 1. The Morgan fingerprint density at radius 2 is 2.32 bits per heavy atom. The number of nitrogens with zero attached hydrogens (tertiary/aromatic N) is 2. The van der Waals surface area contributed by atoms with Crippen molar-refractivity contribution in [3.63, 3.8) is 0 Å². The van der Waals surface area contributed by atoms with Crippen LogP contribution >= 0.6 is 11.3 Å². The maximum Gasteiger partial charge on any atom is 0.185 e. The third-order valence-electron chi connectivity index (χ3n) is 4.33. The Bertz CT molecular complexity index is 462. The summed E-state index contributed by atoms with van der Waals surface area (Å²) in [6.07, 6.45) is 4.88. The second-order valence-corrected chi connectivity index (χ2v) is 6.90. The van der Waals surface area contributed by atoms with Gasteiger partial charge in [-0.2, -0.15) is 0 Å². The van der Waals surface area contributed by atoms with E-state index in [4.69, 9.17) is 9.72 Å². The number of rotatable bonds is 2. The fourth-order valence-electron chi connectivity index (χ4n) is 3.05. The largest absolute Gasteiger partial charge is 0.388 e. The van der Waals surface area contributed by atoms with Crippen LogP contribution in [0.2, 0.25) is 0 Å². The summed E-state index contributed by atoms with van der Waals surface area (Å²) in [6.45, 7) is 4.11. The van der Waals surface area contributed by atoms with Gasteiger partial charge in [-0.15, -0.1) is 0 Å². The van der Waals surface area contributed by atoms with Crippen LogP contribution in [0.15, 0.2) is 0 Å². The normalized spacial score (nSPS) is 31.3. The van der Waals surface area contributed by atoms with Crippen molar-refractivity contribution in [3.8, 4) is 0 Å². The maximum absolute atomic E-state index is 10.0. The highest BCUT2D eigenvalue weighted by Gasteiger charge is 2.33. The average molecular weight is 282 g/mol. The number of aliphatic hydroxyl groups is 1. The van der Waals surface area contributed by atoms with E-state index in [-0.39, 0.29) is 11.7 Å². The topological polar surface area (TPSA) is 45.6 Å². The molecule has 2 atom stereocenters. The first-order chi connectivity index (χ1) is 9.11. The van der Waals surface area contributed by atoms with E-state index in [1.807, 2.05) is 0 Å². The Kier molecular flexibility index (Phi) is 3.53. The van der Waals surface area contributed by atoms with E-state index in [0.717, 1.165) is 60.9 Å². The van der Waals surface area contributed by atoms with Crippen LogP contribution in [-0.2, 0) is 11.2 Å². The summed E-state index contributed by atoms with van der Waals surface area (Å²) in [5.74, 6) is 0. The monoisotopic (exact) mass is 282 g/mol. The standard InChI is InChI=1S/C14H22N2O2S/c1-14(18-2)7-4-8-16(9-14)13-15-10-5-3-6-11(17)12(10)19-13/h11,17H,3-9H2,1-2H3. The molecular formula is C14H22N2O2S. The number of fused-ring (bicyclic) bond motifs is 1. The molecule has 1 aromatic heterocycles. The molecule has 0 spiro atoms. The van der Waals surface area contributed by atoms with Gasteiger partial charge in [0.2, 0.25) is 0 Å². The molecule has 1 fully saturated rings. The van der Waals surface area contributed by atoms with E-state index in [2.05, 4.69) is 11.8 Å². The number of piperidine rings is 1. The number of hydrogen-bond acceptors (Lipinski definition) is 5. The van der Waals surface area contributed by atoms with E-state index in [1.165, 1.54) is 0 Å². The van der Waals surface area contributed by atoms with Crippen LogP contribution in [-0.4, -0.2) is 35.9 Å². The highest BCUT2D eigenvalue weighted by atomic mass is 32.1. The van der Waals surface area contributed by atoms with Gasteiger partial charge in [0.25, 0.3) is 0 Å². The van der Waals surface area contributed by atoms with E-state index in [1.54, 1.807) is 18.4 Å². The summed E-state index contributed by atoms with van der Waals surface area (Å²) in [7, 11) is 1.79. The minimum absolute atomic E-state index is 0.0664. The molecule has 0 bridgehead atoms. The highest BCUT2D eigenvalue weighted by molar-refractivity contribution is 7.15. The molecule has 0 saturated carbocycles. The second kappa shape index (κ2) is 5.04. The summed E-state index contributed by atoms with van der Waals surface area (Å²) in [5.41, 5.74) is 1.05. The SMILES string of the molecule is COC1(C)CCCN(c2nc3c(s2)C(O)CCC3)C1. The predicted molar refractivity (Wildman–Crippen MR) is 76.9 cm³/mol. The van der Waals surface area contributed by atoms with E-state index in [9.17, 15) is 5.11 Å². The number of hydrogen-bond donors (Lipinski definition) is 1. The van der Waals surface area contributed by atoms with Gasteiger partial charge in [0.1, 0.15) is 0 Å². The average Bonchev–Trinajstić information content (AvgIpc) is 2.84. The summed E-state index contributed by atoms with van der Waals surface area (Å²) in [4.78, 5) is 8.16. The molecule has 1 aliphatic heterocycles. The van der Waals surface area contributed by atoms with Crippen molar-refractivity contribution >= 4 is 16.5 Å². The minimum Gasteiger partial charge on any atom is -0.388 e.